The summed E-state index contributed by atoms with van der Waals surface area (Å²) in [4.78, 5) is 12.1. The topological polar surface area (TPSA) is 83.0 Å². The maximum Gasteiger partial charge on any atom is 0.262 e. The molecule has 1 amide bonds. The van der Waals surface area contributed by atoms with Gasteiger partial charge >= 0.3 is 0 Å². The SMILES string of the molecule is COc1cc(Br)cc(C=NNC(=O)[C@H](C)Nc2ccccc2C)c1O. The lowest BCUT2D eigenvalue weighted by molar-refractivity contribution is -0.121. The Morgan fingerprint density at radius 1 is 1.36 bits per heavy atom. The predicted molar refractivity (Wildman–Crippen MR) is 102 cm³/mol. The van der Waals surface area contributed by atoms with Gasteiger partial charge in [-0.05, 0) is 37.6 Å². The number of aromatic hydroxyl groups is 1. The summed E-state index contributed by atoms with van der Waals surface area (Å²) in [6, 6.07) is 10.6. The van der Waals surface area contributed by atoms with Crippen LogP contribution in [-0.2, 0) is 4.79 Å². The minimum Gasteiger partial charge on any atom is -0.504 e. The molecular formula is C18H20BrN3O3. The number of carbonyl (C=O) groups is 1. The van der Waals surface area contributed by atoms with Crippen molar-refractivity contribution in [2.45, 2.75) is 19.9 Å². The Balaban J connectivity index is 2.01. The molecular weight excluding hydrogens is 386 g/mol. The normalized spacial score (nSPS) is 12.0. The molecule has 0 heterocycles. The number of hydrogen-bond acceptors (Lipinski definition) is 5. The summed E-state index contributed by atoms with van der Waals surface area (Å²) in [5.41, 5.74) is 4.82. The van der Waals surface area contributed by atoms with Crippen molar-refractivity contribution in [3.63, 3.8) is 0 Å². The number of hydrazone groups is 1. The quantitative estimate of drug-likeness (QED) is 0.507. The van der Waals surface area contributed by atoms with E-state index in [0.717, 1.165) is 15.7 Å². The molecule has 2 aromatic carbocycles. The van der Waals surface area contributed by atoms with Gasteiger partial charge in [-0.25, -0.2) is 5.43 Å². The summed E-state index contributed by atoms with van der Waals surface area (Å²) < 4.78 is 5.80. The number of amides is 1. The number of hydrogen-bond donors (Lipinski definition) is 3. The molecule has 3 N–H and O–H groups in total. The van der Waals surface area contributed by atoms with Crippen molar-refractivity contribution in [1.82, 2.24) is 5.43 Å². The Morgan fingerprint density at radius 3 is 2.76 bits per heavy atom. The molecule has 0 radical (unpaired) electrons. The number of para-hydroxylation sites is 1. The third-order valence-corrected chi connectivity index (χ3v) is 4.04. The van der Waals surface area contributed by atoms with E-state index >= 15 is 0 Å². The van der Waals surface area contributed by atoms with Crippen LogP contribution in [-0.4, -0.2) is 30.4 Å². The first-order valence-electron chi connectivity index (χ1n) is 7.64. The highest BCUT2D eigenvalue weighted by atomic mass is 79.9. The molecule has 0 saturated carbocycles. The number of ether oxygens (including phenoxy) is 1. The summed E-state index contributed by atoms with van der Waals surface area (Å²) in [6.45, 7) is 3.71. The van der Waals surface area contributed by atoms with Crippen LogP contribution in [0.3, 0.4) is 0 Å². The Morgan fingerprint density at radius 2 is 2.08 bits per heavy atom. The van der Waals surface area contributed by atoms with Crippen LogP contribution in [0.25, 0.3) is 0 Å². The standard InChI is InChI=1S/C18H20BrN3O3/c1-11-6-4-5-7-15(11)21-12(2)18(24)22-20-10-13-8-14(19)9-16(25-3)17(13)23/h4-10,12,21,23H,1-3H3,(H,22,24)/t12-/m0/s1. The maximum absolute atomic E-state index is 12.1. The third-order valence-electron chi connectivity index (χ3n) is 3.58. The van der Waals surface area contributed by atoms with Crippen LogP contribution in [0.5, 0.6) is 11.5 Å². The lowest BCUT2D eigenvalue weighted by Crippen LogP contribution is -2.35. The number of phenolic OH excluding ortho intramolecular Hbond substituents is 1. The molecule has 0 fully saturated rings. The smallest absolute Gasteiger partial charge is 0.262 e. The predicted octanol–water partition coefficient (Wildman–Crippen LogP) is 3.42. The molecule has 0 aliphatic rings. The second kappa shape index (κ2) is 8.53. The van der Waals surface area contributed by atoms with Gasteiger partial charge in [-0.3, -0.25) is 4.79 Å². The minimum absolute atomic E-state index is 0.0465. The molecule has 2 aromatic rings. The van der Waals surface area contributed by atoms with E-state index in [-0.39, 0.29) is 11.7 Å². The highest BCUT2D eigenvalue weighted by Crippen LogP contribution is 2.32. The second-order valence-corrected chi connectivity index (χ2v) is 6.38. The van der Waals surface area contributed by atoms with Crippen molar-refractivity contribution < 1.29 is 14.6 Å². The molecule has 2 rings (SSSR count). The van der Waals surface area contributed by atoms with Crippen LogP contribution in [0.1, 0.15) is 18.1 Å². The number of aryl methyl sites for hydroxylation is 1. The highest BCUT2D eigenvalue weighted by Gasteiger charge is 2.13. The van der Waals surface area contributed by atoms with Gasteiger partial charge in [0, 0.05) is 15.7 Å². The number of carbonyl (C=O) groups excluding carboxylic acids is 1. The fourth-order valence-electron chi connectivity index (χ4n) is 2.14. The van der Waals surface area contributed by atoms with Crippen LogP contribution in [0.2, 0.25) is 0 Å². The number of nitrogens with one attached hydrogen (secondary N) is 2. The molecule has 0 bridgehead atoms. The molecule has 0 aliphatic carbocycles. The Hall–Kier alpha value is -2.54. The molecule has 0 unspecified atom stereocenters. The first-order chi connectivity index (χ1) is 11.9. The summed E-state index contributed by atoms with van der Waals surface area (Å²) in [7, 11) is 1.46. The maximum atomic E-state index is 12.1. The fraction of sp³-hybridized carbons (Fsp3) is 0.222. The first-order valence-corrected chi connectivity index (χ1v) is 8.43. The largest absolute Gasteiger partial charge is 0.504 e. The average molecular weight is 406 g/mol. The van der Waals surface area contributed by atoms with Gasteiger partial charge in [-0.2, -0.15) is 5.10 Å². The summed E-state index contributed by atoms with van der Waals surface area (Å²) in [5.74, 6) is -0.0209. The lowest BCUT2D eigenvalue weighted by Gasteiger charge is -2.15. The van der Waals surface area contributed by atoms with Crippen LogP contribution >= 0.6 is 15.9 Å². The van der Waals surface area contributed by atoms with Gasteiger partial charge in [0.2, 0.25) is 0 Å². The van der Waals surface area contributed by atoms with Crippen molar-refractivity contribution in [2.24, 2.45) is 5.10 Å². The zero-order valence-corrected chi connectivity index (χ0v) is 15.8. The van der Waals surface area contributed by atoms with Gasteiger partial charge in [0.15, 0.2) is 11.5 Å². The van der Waals surface area contributed by atoms with E-state index in [0.29, 0.717) is 11.3 Å². The summed E-state index contributed by atoms with van der Waals surface area (Å²) in [5, 5.41) is 17.1. The molecule has 25 heavy (non-hydrogen) atoms. The van der Waals surface area contributed by atoms with Crippen LogP contribution < -0.4 is 15.5 Å². The van der Waals surface area contributed by atoms with Crippen molar-refractivity contribution >= 4 is 33.7 Å². The van der Waals surface area contributed by atoms with E-state index in [1.807, 2.05) is 31.2 Å². The Labute approximate surface area is 155 Å². The number of anilines is 1. The third kappa shape index (κ3) is 4.96. The number of nitrogens with zero attached hydrogens (tertiary/aromatic N) is 1. The molecule has 1 atom stereocenters. The van der Waals surface area contributed by atoms with Crippen molar-refractivity contribution in [2.75, 3.05) is 12.4 Å². The Bertz CT molecular complexity index is 793. The summed E-state index contributed by atoms with van der Waals surface area (Å²) >= 11 is 3.33. The molecule has 0 aliphatic heterocycles. The lowest BCUT2D eigenvalue weighted by atomic mass is 10.2. The Kier molecular flexibility index (Phi) is 6.41. The van der Waals surface area contributed by atoms with Gasteiger partial charge < -0.3 is 15.2 Å². The minimum atomic E-state index is -0.469. The van der Waals surface area contributed by atoms with Gasteiger partial charge in [0.25, 0.3) is 5.91 Å². The van der Waals surface area contributed by atoms with Gasteiger partial charge in [0.05, 0.1) is 13.3 Å². The van der Waals surface area contributed by atoms with E-state index < -0.39 is 6.04 Å². The van der Waals surface area contributed by atoms with Crippen molar-refractivity contribution in [3.05, 3.63) is 52.0 Å². The number of halogens is 1. The summed E-state index contributed by atoms with van der Waals surface area (Å²) in [6.07, 6.45) is 1.36. The second-order valence-electron chi connectivity index (χ2n) is 5.46. The van der Waals surface area contributed by atoms with Gasteiger partial charge in [0.1, 0.15) is 6.04 Å². The molecule has 132 valence electrons. The number of rotatable bonds is 6. The first kappa shape index (κ1) is 18.8. The van der Waals surface area contributed by atoms with E-state index in [2.05, 4.69) is 31.8 Å². The number of benzene rings is 2. The van der Waals surface area contributed by atoms with E-state index in [1.165, 1.54) is 13.3 Å². The fourth-order valence-corrected chi connectivity index (χ4v) is 2.60. The number of methoxy groups -OCH3 is 1. The molecule has 7 heteroatoms. The van der Waals surface area contributed by atoms with Gasteiger partial charge in [-0.15, -0.1) is 0 Å². The van der Waals surface area contributed by atoms with Gasteiger partial charge in [-0.1, -0.05) is 34.1 Å². The van der Waals surface area contributed by atoms with E-state index in [4.69, 9.17) is 4.74 Å². The van der Waals surface area contributed by atoms with Crippen LogP contribution in [0.4, 0.5) is 5.69 Å². The van der Waals surface area contributed by atoms with E-state index in [9.17, 15) is 9.90 Å². The molecule has 6 nitrogen and oxygen atoms in total. The molecule has 0 aromatic heterocycles. The monoisotopic (exact) mass is 405 g/mol. The van der Waals surface area contributed by atoms with Crippen LogP contribution in [0.15, 0.2) is 46.0 Å². The van der Waals surface area contributed by atoms with Crippen LogP contribution in [0, 0.1) is 6.92 Å². The molecule has 0 saturated heterocycles. The zero-order chi connectivity index (χ0) is 18.4. The van der Waals surface area contributed by atoms with Crippen molar-refractivity contribution in [3.8, 4) is 11.5 Å². The average Bonchev–Trinajstić information content (AvgIpc) is 2.59. The van der Waals surface area contributed by atoms with Crippen molar-refractivity contribution in [1.29, 1.82) is 0 Å². The molecule has 0 spiro atoms. The van der Waals surface area contributed by atoms with E-state index in [1.54, 1.807) is 19.1 Å². The highest BCUT2D eigenvalue weighted by molar-refractivity contribution is 9.10. The number of phenols is 1. The zero-order valence-electron chi connectivity index (χ0n) is 14.2.